The first-order valence-corrected chi connectivity index (χ1v) is 11.2. The summed E-state index contributed by atoms with van der Waals surface area (Å²) in [4.78, 5) is 16.0. The number of rotatable bonds is 5. The molecule has 1 atom stereocenters. The molecule has 1 aromatic heterocycles. The first-order valence-electron chi connectivity index (χ1n) is 10.4. The van der Waals surface area contributed by atoms with Gasteiger partial charge in [-0.2, -0.15) is 5.26 Å². The standard InChI is InChI=1S/C23H25BrN4O4/c1-14-11-19-21(23(29)28(14)6-5-27-7-9-31-10-8-27)20(17(13-25)22(26)32-19)16-12-15(24)3-4-18(16)30-2/h3-4,11-12,20H,5-10,26H2,1-2H3. The van der Waals surface area contributed by atoms with Crippen molar-refractivity contribution in [2.24, 2.45) is 5.73 Å². The predicted molar refractivity (Wildman–Crippen MR) is 123 cm³/mol. The van der Waals surface area contributed by atoms with Gasteiger partial charge in [-0.05, 0) is 25.1 Å². The lowest BCUT2D eigenvalue weighted by Crippen LogP contribution is -2.40. The fourth-order valence-electron chi connectivity index (χ4n) is 4.27. The van der Waals surface area contributed by atoms with Crippen molar-refractivity contribution in [2.45, 2.75) is 19.4 Å². The molecule has 2 aliphatic rings. The lowest BCUT2D eigenvalue weighted by Gasteiger charge is -2.29. The monoisotopic (exact) mass is 500 g/mol. The van der Waals surface area contributed by atoms with Crippen LogP contribution in [0.2, 0.25) is 0 Å². The van der Waals surface area contributed by atoms with Gasteiger partial charge in [-0.1, -0.05) is 15.9 Å². The number of nitriles is 1. The van der Waals surface area contributed by atoms with Crippen LogP contribution in [0.4, 0.5) is 0 Å². The topological polar surface area (TPSA) is 103 Å². The molecule has 0 bridgehead atoms. The van der Waals surface area contributed by atoms with E-state index in [4.69, 9.17) is 19.9 Å². The molecule has 1 aromatic carbocycles. The number of allylic oxidation sites excluding steroid dienone is 1. The quantitative estimate of drug-likeness (QED) is 0.672. The Hall–Kier alpha value is -2.80. The summed E-state index contributed by atoms with van der Waals surface area (Å²) in [6, 6.07) is 9.45. The molecule has 0 amide bonds. The molecule has 1 fully saturated rings. The first-order chi connectivity index (χ1) is 15.4. The number of ether oxygens (including phenoxy) is 3. The molecule has 0 spiro atoms. The summed E-state index contributed by atoms with van der Waals surface area (Å²) in [6.07, 6.45) is 0. The number of pyridine rings is 1. The van der Waals surface area contributed by atoms with Gasteiger partial charge in [0.15, 0.2) is 0 Å². The Morgan fingerprint density at radius 3 is 2.72 bits per heavy atom. The Morgan fingerprint density at radius 2 is 2.03 bits per heavy atom. The third-order valence-corrected chi connectivity index (χ3v) is 6.43. The molecular weight excluding hydrogens is 476 g/mol. The second-order valence-corrected chi connectivity index (χ2v) is 8.70. The SMILES string of the molecule is COc1ccc(Br)cc1C1C(C#N)=C(N)Oc2cc(C)n(CCN3CCOCC3)c(=O)c21. The molecule has 8 nitrogen and oxygen atoms in total. The normalized spacial score (nSPS) is 18.6. The van der Waals surface area contributed by atoms with Gasteiger partial charge < -0.3 is 24.5 Å². The van der Waals surface area contributed by atoms with Crippen LogP contribution in [0, 0.1) is 18.3 Å². The van der Waals surface area contributed by atoms with E-state index in [9.17, 15) is 10.1 Å². The van der Waals surface area contributed by atoms with Crippen LogP contribution in [0.3, 0.4) is 0 Å². The third-order valence-electron chi connectivity index (χ3n) is 5.94. The van der Waals surface area contributed by atoms with E-state index in [-0.39, 0.29) is 17.0 Å². The fraction of sp³-hybridized carbons (Fsp3) is 0.391. The van der Waals surface area contributed by atoms with Crippen LogP contribution in [-0.2, 0) is 11.3 Å². The van der Waals surface area contributed by atoms with E-state index in [0.29, 0.717) is 42.4 Å². The van der Waals surface area contributed by atoms with Crippen molar-refractivity contribution >= 4 is 15.9 Å². The van der Waals surface area contributed by atoms with Gasteiger partial charge in [-0.25, -0.2) is 0 Å². The van der Waals surface area contributed by atoms with E-state index in [1.165, 1.54) is 0 Å². The van der Waals surface area contributed by atoms with Gasteiger partial charge in [0, 0.05) is 48.0 Å². The van der Waals surface area contributed by atoms with Gasteiger partial charge in [-0.15, -0.1) is 0 Å². The highest BCUT2D eigenvalue weighted by atomic mass is 79.9. The number of fused-ring (bicyclic) bond motifs is 1. The van der Waals surface area contributed by atoms with E-state index >= 15 is 0 Å². The molecule has 0 radical (unpaired) electrons. The predicted octanol–water partition coefficient (Wildman–Crippen LogP) is 2.48. The summed E-state index contributed by atoms with van der Waals surface area (Å²) < 4.78 is 19.3. The number of aromatic nitrogens is 1. The van der Waals surface area contributed by atoms with Crippen LogP contribution in [-0.4, -0.2) is 49.4 Å². The molecule has 2 aliphatic heterocycles. The molecule has 168 valence electrons. The first kappa shape index (κ1) is 22.4. The van der Waals surface area contributed by atoms with E-state index in [1.54, 1.807) is 17.7 Å². The van der Waals surface area contributed by atoms with Crippen LogP contribution in [0.25, 0.3) is 0 Å². The number of hydrogen-bond acceptors (Lipinski definition) is 7. The molecule has 2 aromatic rings. The van der Waals surface area contributed by atoms with Gasteiger partial charge in [0.1, 0.15) is 23.1 Å². The Bertz CT molecular complexity index is 1160. The second-order valence-electron chi connectivity index (χ2n) is 7.79. The van der Waals surface area contributed by atoms with Gasteiger partial charge in [0.2, 0.25) is 5.88 Å². The molecule has 1 saturated heterocycles. The summed E-state index contributed by atoms with van der Waals surface area (Å²) in [6.45, 7) is 6.23. The maximum absolute atomic E-state index is 13.8. The second kappa shape index (κ2) is 9.36. The highest BCUT2D eigenvalue weighted by Gasteiger charge is 2.36. The lowest BCUT2D eigenvalue weighted by molar-refractivity contribution is 0.0362. The number of nitrogens with two attached hydrogens (primary N) is 1. The van der Waals surface area contributed by atoms with Gasteiger partial charge in [-0.3, -0.25) is 9.69 Å². The molecule has 9 heteroatoms. The molecule has 1 unspecified atom stereocenters. The van der Waals surface area contributed by atoms with E-state index in [2.05, 4.69) is 26.9 Å². The smallest absolute Gasteiger partial charge is 0.258 e. The average molecular weight is 501 g/mol. The van der Waals surface area contributed by atoms with Crippen LogP contribution in [0.1, 0.15) is 22.7 Å². The van der Waals surface area contributed by atoms with Crippen molar-refractivity contribution in [3.8, 4) is 17.6 Å². The van der Waals surface area contributed by atoms with Crippen molar-refractivity contribution in [2.75, 3.05) is 40.0 Å². The van der Waals surface area contributed by atoms with Crippen molar-refractivity contribution < 1.29 is 14.2 Å². The third kappa shape index (κ3) is 4.13. The molecule has 3 heterocycles. The molecular formula is C23H25BrN4O4. The minimum atomic E-state index is -0.695. The Kier molecular flexibility index (Phi) is 6.55. The van der Waals surface area contributed by atoms with Crippen molar-refractivity contribution in [3.63, 3.8) is 0 Å². The zero-order chi connectivity index (χ0) is 22.8. The molecule has 32 heavy (non-hydrogen) atoms. The number of aryl methyl sites for hydroxylation is 1. The van der Waals surface area contributed by atoms with E-state index in [1.807, 2.05) is 25.1 Å². The zero-order valence-electron chi connectivity index (χ0n) is 18.1. The summed E-state index contributed by atoms with van der Waals surface area (Å²) in [5.41, 5.74) is 7.94. The number of benzene rings is 1. The van der Waals surface area contributed by atoms with E-state index < -0.39 is 5.92 Å². The lowest BCUT2D eigenvalue weighted by atomic mass is 9.83. The molecule has 0 aliphatic carbocycles. The zero-order valence-corrected chi connectivity index (χ0v) is 19.6. The van der Waals surface area contributed by atoms with Gasteiger partial charge in [0.25, 0.3) is 5.56 Å². The Balaban J connectivity index is 1.83. The van der Waals surface area contributed by atoms with Crippen LogP contribution >= 0.6 is 15.9 Å². The summed E-state index contributed by atoms with van der Waals surface area (Å²) in [5.74, 6) is 0.237. The molecule has 4 rings (SSSR count). The van der Waals surface area contributed by atoms with Crippen LogP contribution in [0.15, 0.2) is 45.0 Å². The van der Waals surface area contributed by atoms with Crippen molar-refractivity contribution in [1.82, 2.24) is 9.47 Å². The highest BCUT2D eigenvalue weighted by Crippen LogP contribution is 2.44. The summed E-state index contributed by atoms with van der Waals surface area (Å²) in [7, 11) is 1.56. The Morgan fingerprint density at radius 1 is 1.28 bits per heavy atom. The average Bonchev–Trinajstić information content (AvgIpc) is 2.78. The van der Waals surface area contributed by atoms with Crippen molar-refractivity contribution in [3.05, 3.63) is 67.4 Å². The van der Waals surface area contributed by atoms with Gasteiger partial charge in [0.05, 0.1) is 31.8 Å². The summed E-state index contributed by atoms with van der Waals surface area (Å²) in [5, 5.41) is 9.89. The summed E-state index contributed by atoms with van der Waals surface area (Å²) >= 11 is 3.49. The number of morpholine rings is 1. The Labute approximate surface area is 194 Å². The maximum Gasteiger partial charge on any atom is 0.258 e. The maximum atomic E-state index is 13.8. The number of methoxy groups -OCH3 is 1. The highest BCUT2D eigenvalue weighted by molar-refractivity contribution is 9.10. The molecule has 2 N–H and O–H groups in total. The number of hydrogen-bond donors (Lipinski definition) is 1. The van der Waals surface area contributed by atoms with Crippen molar-refractivity contribution in [1.29, 1.82) is 5.26 Å². The van der Waals surface area contributed by atoms with Gasteiger partial charge >= 0.3 is 0 Å². The van der Waals surface area contributed by atoms with Crippen LogP contribution < -0.4 is 20.8 Å². The minimum Gasteiger partial charge on any atom is -0.496 e. The largest absolute Gasteiger partial charge is 0.496 e. The number of nitrogens with zero attached hydrogens (tertiary/aromatic N) is 3. The van der Waals surface area contributed by atoms with Crippen LogP contribution in [0.5, 0.6) is 11.5 Å². The van der Waals surface area contributed by atoms with E-state index in [0.717, 1.165) is 29.8 Å². The molecule has 0 saturated carbocycles. The fourth-order valence-corrected chi connectivity index (χ4v) is 4.65. The minimum absolute atomic E-state index is 0.00287. The number of halogens is 1.